The number of halogens is 3. The quantitative estimate of drug-likeness (QED) is 0.888. The van der Waals surface area contributed by atoms with Crippen LogP contribution in [0, 0.1) is 0 Å². The molecule has 0 aliphatic heterocycles. The summed E-state index contributed by atoms with van der Waals surface area (Å²) in [5, 5.41) is 1.60. The summed E-state index contributed by atoms with van der Waals surface area (Å²) in [5.41, 5.74) is 0. The number of anilines is 1. The van der Waals surface area contributed by atoms with Gasteiger partial charge in [-0.2, -0.15) is 4.98 Å². The van der Waals surface area contributed by atoms with Gasteiger partial charge in [-0.05, 0) is 0 Å². The van der Waals surface area contributed by atoms with Crippen molar-refractivity contribution in [3.8, 4) is 5.88 Å². The predicted molar refractivity (Wildman–Crippen MR) is 78.7 cm³/mol. The third-order valence-electron chi connectivity index (χ3n) is 2.04. The van der Waals surface area contributed by atoms with Crippen LogP contribution in [0.25, 0.3) is 0 Å². The van der Waals surface area contributed by atoms with Crippen molar-refractivity contribution < 1.29 is 13.2 Å². The maximum atomic E-state index is 12.2. The predicted octanol–water partition coefficient (Wildman–Crippen LogP) is 3.31. The van der Waals surface area contributed by atoms with E-state index in [4.69, 9.17) is 39.5 Å². The Bertz CT molecular complexity index is 748. The maximum absolute atomic E-state index is 12.2. The fourth-order valence-corrected chi connectivity index (χ4v) is 4.40. The SMILES string of the molecule is COc1nc(Cl)cnc1NS(=O)(=O)c1scc(Cl)c1Cl. The van der Waals surface area contributed by atoms with E-state index < -0.39 is 10.0 Å². The minimum absolute atomic E-state index is 0.0509. The summed E-state index contributed by atoms with van der Waals surface area (Å²) in [4.78, 5) is 7.61. The summed E-state index contributed by atoms with van der Waals surface area (Å²) in [6.07, 6.45) is 1.19. The van der Waals surface area contributed by atoms with E-state index in [1.807, 2.05) is 0 Å². The molecule has 0 fully saturated rings. The number of ether oxygens (including phenoxy) is 1. The molecule has 2 rings (SSSR count). The average Bonchev–Trinajstić information content (AvgIpc) is 2.72. The first-order valence-electron chi connectivity index (χ1n) is 4.87. The van der Waals surface area contributed by atoms with Gasteiger partial charge in [-0.25, -0.2) is 13.4 Å². The van der Waals surface area contributed by atoms with Crippen molar-refractivity contribution in [3.63, 3.8) is 0 Å². The Balaban J connectivity index is 2.41. The van der Waals surface area contributed by atoms with Gasteiger partial charge in [-0.3, -0.25) is 4.72 Å². The van der Waals surface area contributed by atoms with Crippen LogP contribution in [0.1, 0.15) is 0 Å². The maximum Gasteiger partial charge on any atom is 0.274 e. The van der Waals surface area contributed by atoms with Gasteiger partial charge in [0, 0.05) is 5.38 Å². The molecule has 0 saturated heterocycles. The van der Waals surface area contributed by atoms with Gasteiger partial charge in [0.15, 0.2) is 9.36 Å². The molecule has 0 aromatic carbocycles. The van der Waals surface area contributed by atoms with Gasteiger partial charge in [0.05, 0.1) is 23.4 Å². The Kier molecular flexibility index (Phi) is 4.60. The monoisotopic (exact) mass is 373 g/mol. The lowest BCUT2D eigenvalue weighted by molar-refractivity contribution is 0.398. The molecule has 2 aromatic heterocycles. The minimum atomic E-state index is -3.94. The highest BCUT2D eigenvalue weighted by Gasteiger charge is 2.24. The number of nitrogens with zero attached hydrogens (tertiary/aromatic N) is 2. The van der Waals surface area contributed by atoms with E-state index in [0.29, 0.717) is 0 Å². The molecule has 0 bridgehead atoms. The summed E-state index contributed by atoms with van der Waals surface area (Å²) >= 11 is 18.1. The van der Waals surface area contributed by atoms with Crippen molar-refractivity contribution in [2.45, 2.75) is 4.21 Å². The Labute approximate surface area is 133 Å². The first-order chi connectivity index (χ1) is 9.35. The molecule has 0 radical (unpaired) electrons. The molecule has 20 heavy (non-hydrogen) atoms. The number of aromatic nitrogens is 2. The number of nitrogens with one attached hydrogen (secondary N) is 1. The zero-order valence-electron chi connectivity index (χ0n) is 9.72. The Morgan fingerprint density at radius 3 is 2.60 bits per heavy atom. The molecule has 11 heteroatoms. The number of thiophene rings is 1. The van der Waals surface area contributed by atoms with E-state index in [9.17, 15) is 8.42 Å². The second-order valence-corrected chi connectivity index (χ2v) is 7.27. The number of hydrogen-bond donors (Lipinski definition) is 1. The summed E-state index contributed by atoms with van der Waals surface area (Å²) in [6, 6.07) is 0. The summed E-state index contributed by atoms with van der Waals surface area (Å²) in [7, 11) is -2.63. The highest BCUT2D eigenvalue weighted by molar-refractivity contribution is 7.94. The molecular weight excluding hydrogens is 369 g/mol. The zero-order valence-corrected chi connectivity index (χ0v) is 13.6. The highest BCUT2D eigenvalue weighted by Crippen LogP contribution is 2.36. The molecule has 2 heterocycles. The van der Waals surface area contributed by atoms with Crippen molar-refractivity contribution in [1.82, 2.24) is 9.97 Å². The third-order valence-corrected chi connectivity index (χ3v) is 6.23. The van der Waals surface area contributed by atoms with Gasteiger partial charge < -0.3 is 4.74 Å². The van der Waals surface area contributed by atoms with E-state index in [2.05, 4.69) is 14.7 Å². The number of sulfonamides is 1. The van der Waals surface area contributed by atoms with E-state index in [-0.39, 0.29) is 31.1 Å². The minimum Gasteiger partial charge on any atom is -0.478 e. The molecule has 6 nitrogen and oxygen atoms in total. The molecule has 0 unspecified atom stereocenters. The molecule has 0 spiro atoms. The van der Waals surface area contributed by atoms with E-state index in [0.717, 1.165) is 11.3 Å². The Morgan fingerprint density at radius 1 is 1.35 bits per heavy atom. The second kappa shape index (κ2) is 5.90. The van der Waals surface area contributed by atoms with Gasteiger partial charge in [-0.15, -0.1) is 11.3 Å². The van der Waals surface area contributed by atoms with Gasteiger partial charge in [-0.1, -0.05) is 34.8 Å². The van der Waals surface area contributed by atoms with Crippen molar-refractivity contribution in [3.05, 3.63) is 26.8 Å². The van der Waals surface area contributed by atoms with Gasteiger partial charge in [0.2, 0.25) is 5.82 Å². The van der Waals surface area contributed by atoms with Crippen LogP contribution in [-0.4, -0.2) is 25.5 Å². The fraction of sp³-hybridized carbons (Fsp3) is 0.111. The molecule has 0 saturated carbocycles. The van der Waals surface area contributed by atoms with Crippen LogP contribution in [-0.2, 0) is 10.0 Å². The van der Waals surface area contributed by atoms with E-state index >= 15 is 0 Å². The standard InChI is InChI=1S/C9H6Cl3N3O3S2/c1-18-8-7(13-2-5(11)14-8)15-20(16,17)9-6(12)4(10)3-19-9/h2-3H,1H3,(H,13,15). The third kappa shape index (κ3) is 3.09. The van der Waals surface area contributed by atoms with Crippen LogP contribution in [0.4, 0.5) is 5.82 Å². The lowest BCUT2D eigenvalue weighted by Crippen LogP contribution is -2.14. The van der Waals surface area contributed by atoms with Crippen molar-refractivity contribution >= 4 is 62.0 Å². The molecule has 2 aromatic rings. The van der Waals surface area contributed by atoms with Crippen molar-refractivity contribution in [2.75, 3.05) is 11.8 Å². The second-order valence-electron chi connectivity index (χ2n) is 3.34. The summed E-state index contributed by atoms with van der Waals surface area (Å²) in [6.45, 7) is 0. The Morgan fingerprint density at radius 2 is 2.05 bits per heavy atom. The normalized spacial score (nSPS) is 11.4. The van der Waals surface area contributed by atoms with E-state index in [1.165, 1.54) is 18.7 Å². The zero-order chi connectivity index (χ0) is 14.9. The lowest BCUT2D eigenvalue weighted by atomic mass is 10.6. The van der Waals surface area contributed by atoms with Crippen LogP contribution >= 0.6 is 46.1 Å². The molecule has 0 aliphatic rings. The van der Waals surface area contributed by atoms with Crippen LogP contribution < -0.4 is 9.46 Å². The number of hydrogen-bond acceptors (Lipinski definition) is 6. The smallest absolute Gasteiger partial charge is 0.274 e. The van der Waals surface area contributed by atoms with Gasteiger partial charge in [0.25, 0.3) is 15.9 Å². The first kappa shape index (κ1) is 15.6. The molecule has 108 valence electrons. The average molecular weight is 375 g/mol. The van der Waals surface area contributed by atoms with Crippen molar-refractivity contribution in [1.29, 1.82) is 0 Å². The molecule has 0 aliphatic carbocycles. The van der Waals surface area contributed by atoms with E-state index in [1.54, 1.807) is 0 Å². The molecule has 0 amide bonds. The van der Waals surface area contributed by atoms with Crippen LogP contribution in [0.15, 0.2) is 15.8 Å². The number of rotatable bonds is 4. The molecular formula is C9H6Cl3N3O3S2. The van der Waals surface area contributed by atoms with Crippen LogP contribution in [0.3, 0.4) is 0 Å². The fourth-order valence-electron chi connectivity index (χ4n) is 1.23. The Hall–Kier alpha value is -0.800. The van der Waals surface area contributed by atoms with Crippen molar-refractivity contribution in [2.24, 2.45) is 0 Å². The van der Waals surface area contributed by atoms with Crippen LogP contribution in [0.2, 0.25) is 15.2 Å². The highest BCUT2D eigenvalue weighted by atomic mass is 35.5. The van der Waals surface area contributed by atoms with Gasteiger partial charge in [0.1, 0.15) is 0 Å². The molecule has 0 atom stereocenters. The lowest BCUT2D eigenvalue weighted by Gasteiger charge is -2.09. The van der Waals surface area contributed by atoms with Gasteiger partial charge >= 0.3 is 0 Å². The first-order valence-corrected chi connectivity index (χ1v) is 8.36. The summed E-state index contributed by atoms with van der Waals surface area (Å²) < 4.78 is 31.4. The topological polar surface area (TPSA) is 81.2 Å². The summed E-state index contributed by atoms with van der Waals surface area (Å²) in [5.74, 6) is -0.155. The molecule has 1 N–H and O–H groups in total. The number of methoxy groups -OCH3 is 1. The van der Waals surface area contributed by atoms with Crippen LogP contribution in [0.5, 0.6) is 5.88 Å². The largest absolute Gasteiger partial charge is 0.478 e.